The van der Waals surface area contributed by atoms with Crippen molar-refractivity contribution in [1.82, 2.24) is 10.2 Å². The van der Waals surface area contributed by atoms with Crippen LogP contribution < -0.4 is 10.1 Å². The quantitative estimate of drug-likeness (QED) is 0.273. The third-order valence-electron chi connectivity index (χ3n) is 5.70. The molecule has 0 radical (unpaired) electrons. The summed E-state index contributed by atoms with van der Waals surface area (Å²) in [5, 5.41) is 3.80. The maximum Gasteiger partial charge on any atom is 0.261 e. The van der Waals surface area contributed by atoms with Gasteiger partial charge in [-0.3, -0.25) is 9.59 Å². The smallest absolute Gasteiger partial charge is 0.261 e. The predicted octanol–water partition coefficient (Wildman–Crippen LogP) is 6.61. The van der Waals surface area contributed by atoms with Crippen LogP contribution in [0.25, 0.3) is 0 Å². The van der Waals surface area contributed by atoms with Crippen LogP contribution in [-0.4, -0.2) is 35.9 Å². The highest BCUT2D eigenvalue weighted by molar-refractivity contribution is 9.10. The Morgan fingerprint density at radius 1 is 1.03 bits per heavy atom. The molecule has 190 valence electrons. The Labute approximate surface area is 230 Å². The lowest BCUT2D eigenvalue weighted by molar-refractivity contribution is -0.142. The highest BCUT2D eigenvalue weighted by Crippen LogP contribution is 2.27. The standard InChI is InChI=1S/C28H29BrCl2N2O3/c1-3-14-32-28(35)26(16-20-8-5-4-6-9-20)33(17-22-24(30)10-7-11-25(22)31)27(34)18-36-21-12-13-23(29)19(2)15-21/h4-13,15,26H,3,14,16-18H2,1-2H3,(H,32,35)/t26-/m0/s1. The van der Waals surface area contributed by atoms with Crippen molar-refractivity contribution in [3.8, 4) is 5.75 Å². The SMILES string of the molecule is CCCNC(=O)[C@H](Cc1ccccc1)N(Cc1c(Cl)cccc1Cl)C(=O)COc1ccc(Br)c(C)c1. The summed E-state index contributed by atoms with van der Waals surface area (Å²) in [5.74, 6) is -0.0225. The summed E-state index contributed by atoms with van der Waals surface area (Å²) in [7, 11) is 0. The molecule has 8 heteroatoms. The molecule has 0 fully saturated rings. The lowest BCUT2D eigenvalue weighted by atomic mass is 10.0. The number of halogens is 3. The molecule has 0 spiro atoms. The molecule has 1 atom stereocenters. The van der Waals surface area contributed by atoms with Gasteiger partial charge in [0.1, 0.15) is 11.8 Å². The van der Waals surface area contributed by atoms with Crippen molar-refractivity contribution in [3.63, 3.8) is 0 Å². The summed E-state index contributed by atoms with van der Waals surface area (Å²) in [4.78, 5) is 28.5. The number of hydrogen-bond donors (Lipinski definition) is 1. The van der Waals surface area contributed by atoms with Crippen molar-refractivity contribution in [2.75, 3.05) is 13.2 Å². The van der Waals surface area contributed by atoms with E-state index >= 15 is 0 Å². The number of benzene rings is 3. The minimum atomic E-state index is -0.783. The highest BCUT2D eigenvalue weighted by Gasteiger charge is 2.31. The number of hydrogen-bond acceptors (Lipinski definition) is 3. The van der Waals surface area contributed by atoms with Crippen LogP contribution in [0.5, 0.6) is 5.75 Å². The number of carbonyl (C=O) groups is 2. The average Bonchev–Trinajstić information content (AvgIpc) is 2.87. The van der Waals surface area contributed by atoms with E-state index in [1.165, 1.54) is 4.90 Å². The van der Waals surface area contributed by atoms with Crippen LogP contribution in [0.3, 0.4) is 0 Å². The summed E-state index contributed by atoms with van der Waals surface area (Å²) in [6.45, 7) is 4.26. The van der Waals surface area contributed by atoms with Crippen LogP contribution in [0.15, 0.2) is 71.2 Å². The number of ether oxygens (including phenoxy) is 1. The summed E-state index contributed by atoms with van der Waals surface area (Å²) in [5.41, 5.74) is 2.50. The van der Waals surface area contributed by atoms with Gasteiger partial charge < -0.3 is 15.0 Å². The van der Waals surface area contributed by atoms with E-state index in [-0.39, 0.29) is 25.0 Å². The predicted molar refractivity (Wildman–Crippen MR) is 149 cm³/mol. The molecule has 0 aliphatic rings. The third-order valence-corrected chi connectivity index (χ3v) is 7.30. The fourth-order valence-corrected chi connectivity index (χ4v) is 4.47. The van der Waals surface area contributed by atoms with Crippen molar-refractivity contribution in [2.24, 2.45) is 0 Å². The van der Waals surface area contributed by atoms with Gasteiger partial charge in [0.15, 0.2) is 6.61 Å². The molecule has 0 aromatic heterocycles. The normalized spacial score (nSPS) is 11.6. The molecule has 0 aliphatic carbocycles. The van der Waals surface area contributed by atoms with Gasteiger partial charge in [-0.05, 0) is 54.8 Å². The van der Waals surface area contributed by atoms with Gasteiger partial charge in [0, 0.05) is 39.6 Å². The molecule has 0 heterocycles. The molecule has 3 rings (SSSR count). The summed E-state index contributed by atoms with van der Waals surface area (Å²) in [6.07, 6.45) is 1.11. The molecular weight excluding hydrogens is 563 g/mol. The summed E-state index contributed by atoms with van der Waals surface area (Å²) >= 11 is 16.4. The number of amides is 2. The van der Waals surface area contributed by atoms with E-state index in [2.05, 4.69) is 21.2 Å². The van der Waals surface area contributed by atoms with Gasteiger partial charge in [-0.25, -0.2) is 0 Å². The van der Waals surface area contributed by atoms with E-state index in [1.807, 2.05) is 56.3 Å². The topological polar surface area (TPSA) is 58.6 Å². The molecule has 1 N–H and O–H groups in total. The molecule has 5 nitrogen and oxygen atoms in total. The van der Waals surface area contributed by atoms with Crippen molar-refractivity contribution in [1.29, 1.82) is 0 Å². The largest absolute Gasteiger partial charge is 0.484 e. The summed E-state index contributed by atoms with van der Waals surface area (Å²) in [6, 6.07) is 19.5. The van der Waals surface area contributed by atoms with Gasteiger partial charge in [-0.1, -0.05) is 82.5 Å². The van der Waals surface area contributed by atoms with Gasteiger partial charge >= 0.3 is 0 Å². The van der Waals surface area contributed by atoms with E-state index in [9.17, 15) is 9.59 Å². The zero-order valence-electron chi connectivity index (χ0n) is 20.3. The number of aryl methyl sites for hydroxylation is 1. The Kier molecular flexibility index (Phi) is 10.7. The number of nitrogens with zero attached hydrogens (tertiary/aromatic N) is 1. The third kappa shape index (κ3) is 7.73. The first-order chi connectivity index (χ1) is 17.3. The molecule has 0 aliphatic heterocycles. The van der Waals surface area contributed by atoms with Gasteiger partial charge in [0.25, 0.3) is 5.91 Å². The zero-order valence-corrected chi connectivity index (χ0v) is 23.4. The van der Waals surface area contributed by atoms with E-state index < -0.39 is 6.04 Å². The second-order valence-electron chi connectivity index (χ2n) is 8.42. The van der Waals surface area contributed by atoms with Crippen molar-refractivity contribution in [2.45, 2.75) is 39.3 Å². The molecule has 2 amide bonds. The minimum Gasteiger partial charge on any atom is -0.484 e. The van der Waals surface area contributed by atoms with Crippen LogP contribution in [0, 0.1) is 6.92 Å². The van der Waals surface area contributed by atoms with Crippen LogP contribution in [0.4, 0.5) is 0 Å². The molecule has 0 bridgehead atoms. The molecule has 3 aromatic carbocycles. The molecular formula is C28H29BrCl2N2O3. The fraction of sp³-hybridized carbons (Fsp3) is 0.286. The monoisotopic (exact) mass is 590 g/mol. The van der Waals surface area contributed by atoms with Gasteiger partial charge in [0.2, 0.25) is 5.91 Å². The van der Waals surface area contributed by atoms with E-state index in [4.69, 9.17) is 27.9 Å². The van der Waals surface area contributed by atoms with Crippen LogP contribution in [0.2, 0.25) is 10.0 Å². The second-order valence-corrected chi connectivity index (χ2v) is 10.1. The van der Waals surface area contributed by atoms with Crippen LogP contribution >= 0.6 is 39.1 Å². The molecule has 0 saturated heterocycles. The number of nitrogens with one attached hydrogen (secondary N) is 1. The van der Waals surface area contributed by atoms with Crippen molar-refractivity contribution < 1.29 is 14.3 Å². The van der Waals surface area contributed by atoms with Crippen molar-refractivity contribution in [3.05, 3.63) is 97.9 Å². The maximum atomic E-state index is 13.6. The van der Waals surface area contributed by atoms with E-state index in [1.54, 1.807) is 24.3 Å². The highest BCUT2D eigenvalue weighted by atomic mass is 79.9. The van der Waals surface area contributed by atoms with E-state index in [0.717, 1.165) is 22.0 Å². The Morgan fingerprint density at radius 2 is 1.72 bits per heavy atom. The van der Waals surface area contributed by atoms with Gasteiger partial charge in [0.05, 0.1) is 0 Å². The number of rotatable bonds is 11. The van der Waals surface area contributed by atoms with Gasteiger partial charge in [-0.2, -0.15) is 0 Å². The van der Waals surface area contributed by atoms with Crippen LogP contribution in [-0.2, 0) is 22.6 Å². The molecule has 0 saturated carbocycles. The Hall–Kier alpha value is -2.54. The maximum absolute atomic E-state index is 13.6. The fourth-order valence-electron chi connectivity index (χ4n) is 3.71. The van der Waals surface area contributed by atoms with Gasteiger partial charge in [-0.15, -0.1) is 0 Å². The first-order valence-corrected chi connectivity index (χ1v) is 13.3. The molecule has 0 unspecified atom stereocenters. The first-order valence-electron chi connectivity index (χ1n) is 11.7. The van der Waals surface area contributed by atoms with Crippen molar-refractivity contribution >= 4 is 50.9 Å². The van der Waals surface area contributed by atoms with E-state index in [0.29, 0.717) is 34.3 Å². The lowest BCUT2D eigenvalue weighted by Crippen LogP contribution is -2.51. The summed E-state index contributed by atoms with van der Waals surface area (Å²) < 4.78 is 6.78. The molecule has 36 heavy (non-hydrogen) atoms. The Morgan fingerprint density at radius 3 is 2.36 bits per heavy atom. The average molecular weight is 592 g/mol. The van der Waals surface area contributed by atoms with Crippen LogP contribution in [0.1, 0.15) is 30.0 Å². The zero-order chi connectivity index (χ0) is 26.1. The Bertz CT molecular complexity index is 1170. The first kappa shape index (κ1) is 28.0. The minimum absolute atomic E-state index is 0.0666. The second kappa shape index (κ2) is 13.7. The lowest BCUT2D eigenvalue weighted by Gasteiger charge is -2.32. The molecule has 3 aromatic rings. The number of carbonyl (C=O) groups excluding carboxylic acids is 2. The Balaban J connectivity index is 1.94.